The number of methoxy groups -OCH3 is 1. The van der Waals surface area contributed by atoms with E-state index < -0.39 is 0 Å². The van der Waals surface area contributed by atoms with Crippen molar-refractivity contribution in [3.63, 3.8) is 0 Å². The standard InChI is InChI=1S/C7H7NO3/c1-10-6-2-7(11-5-9)4-8-3-6/h2-5H,1H3. The fourth-order valence-corrected chi connectivity index (χ4v) is 0.631. The van der Waals surface area contributed by atoms with E-state index in [0.717, 1.165) is 0 Å². The molecule has 1 aromatic heterocycles. The van der Waals surface area contributed by atoms with Crippen molar-refractivity contribution in [3.8, 4) is 11.5 Å². The summed E-state index contributed by atoms with van der Waals surface area (Å²) in [6, 6.07) is 1.57. The molecule has 1 heterocycles. The first-order chi connectivity index (χ1) is 5.36. The maximum absolute atomic E-state index is 9.88. The van der Waals surface area contributed by atoms with Crippen LogP contribution in [-0.2, 0) is 4.79 Å². The summed E-state index contributed by atoms with van der Waals surface area (Å²) in [5.41, 5.74) is 0. The molecular weight excluding hydrogens is 146 g/mol. The van der Waals surface area contributed by atoms with Gasteiger partial charge in [-0.15, -0.1) is 0 Å². The largest absolute Gasteiger partial charge is 0.495 e. The molecule has 0 amide bonds. The van der Waals surface area contributed by atoms with Crippen LogP contribution in [0.15, 0.2) is 18.5 Å². The molecule has 4 heteroatoms. The van der Waals surface area contributed by atoms with Crippen LogP contribution in [-0.4, -0.2) is 18.6 Å². The number of rotatable bonds is 3. The van der Waals surface area contributed by atoms with Crippen LogP contribution in [0.2, 0.25) is 0 Å². The average molecular weight is 153 g/mol. The van der Waals surface area contributed by atoms with Crippen LogP contribution in [0.25, 0.3) is 0 Å². The smallest absolute Gasteiger partial charge is 0.298 e. The Balaban J connectivity index is 2.82. The highest BCUT2D eigenvalue weighted by molar-refractivity contribution is 5.45. The minimum absolute atomic E-state index is 0.344. The third-order valence-corrected chi connectivity index (χ3v) is 1.11. The van der Waals surface area contributed by atoms with Gasteiger partial charge in [0.2, 0.25) is 0 Å². The molecule has 0 fully saturated rings. The lowest BCUT2D eigenvalue weighted by Gasteiger charge is -1.99. The Labute approximate surface area is 63.8 Å². The molecule has 0 spiro atoms. The van der Waals surface area contributed by atoms with Gasteiger partial charge in [-0.05, 0) is 0 Å². The number of ether oxygens (including phenoxy) is 2. The number of carbonyl (C=O) groups is 1. The molecule has 1 aromatic rings. The summed E-state index contributed by atoms with van der Waals surface area (Å²) in [5, 5.41) is 0. The van der Waals surface area contributed by atoms with Crippen LogP contribution in [0.3, 0.4) is 0 Å². The van der Waals surface area contributed by atoms with E-state index in [0.29, 0.717) is 18.0 Å². The van der Waals surface area contributed by atoms with Gasteiger partial charge in [-0.25, -0.2) is 0 Å². The van der Waals surface area contributed by atoms with Gasteiger partial charge in [-0.1, -0.05) is 0 Å². The van der Waals surface area contributed by atoms with E-state index in [1.165, 1.54) is 19.5 Å². The third-order valence-electron chi connectivity index (χ3n) is 1.11. The van der Waals surface area contributed by atoms with Gasteiger partial charge in [0.1, 0.15) is 5.75 Å². The van der Waals surface area contributed by atoms with Crippen molar-refractivity contribution < 1.29 is 14.3 Å². The minimum Gasteiger partial charge on any atom is -0.495 e. The Morgan fingerprint density at radius 2 is 2.18 bits per heavy atom. The molecule has 0 N–H and O–H groups in total. The van der Waals surface area contributed by atoms with E-state index >= 15 is 0 Å². The zero-order valence-electron chi connectivity index (χ0n) is 5.98. The number of hydrogen-bond donors (Lipinski definition) is 0. The lowest BCUT2D eigenvalue weighted by atomic mass is 10.4. The van der Waals surface area contributed by atoms with Crippen LogP contribution < -0.4 is 9.47 Å². The first-order valence-electron chi connectivity index (χ1n) is 2.96. The number of pyridine rings is 1. The summed E-state index contributed by atoms with van der Waals surface area (Å²) in [6.45, 7) is 0.344. The fourth-order valence-electron chi connectivity index (χ4n) is 0.631. The van der Waals surface area contributed by atoms with E-state index in [2.05, 4.69) is 9.72 Å². The molecule has 0 atom stereocenters. The fraction of sp³-hybridized carbons (Fsp3) is 0.143. The Morgan fingerprint density at radius 3 is 2.82 bits per heavy atom. The maximum atomic E-state index is 9.88. The normalized spacial score (nSPS) is 8.82. The Kier molecular flexibility index (Phi) is 2.43. The zero-order chi connectivity index (χ0) is 8.10. The minimum atomic E-state index is 0.344. The molecular formula is C7H7NO3. The summed E-state index contributed by atoms with van der Waals surface area (Å²) in [6.07, 6.45) is 2.95. The second-order valence-electron chi connectivity index (χ2n) is 1.77. The molecule has 0 aliphatic heterocycles. The van der Waals surface area contributed by atoms with Gasteiger partial charge in [0.15, 0.2) is 5.75 Å². The van der Waals surface area contributed by atoms with Crippen LogP contribution in [0.1, 0.15) is 0 Å². The van der Waals surface area contributed by atoms with Crippen molar-refractivity contribution in [2.45, 2.75) is 0 Å². The predicted molar refractivity (Wildman–Crippen MR) is 37.5 cm³/mol. The molecule has 1 rings (SSSR count). The molecule has 11 heavy (non-hydrogen) atoms. The average Bonchev–Trinajstić information content (AvgIpc) is 2.06. The first-order valence-corrected chi connectivity index (χ1v) is 2.96. The highest BCUT2D eigenvalue weighted by Crippen LogP contribution is 2.15. The summed E-state index contributed by atoms with van der Waals surface area (Å²) in [4.78, 5) is 13.6. The molecule has 0 aliphatic rings. The van der Waals surface area contributed by atoms with Crippen molar-refractivity contribution in [1.29, 1.82) is 0 Å². The molecule has 0 aliphatic carbocycles. The summed E-state index contributed by atoms with van der Waals surface area (Å²) < 4.78 is 9.37. The van der Waals surface area contributed by atoms with Crippen LogP contribution in [0, 0.1) is 0 Å². The lowest BCUT2D eigenvalue weighted by Crippen LogP contribution is -1.90. The highest BCUT2D eigenvalue weighted by atomic mass is 16.5. The molecule has 0 saturated heterocycles. The predicted octanol–water partition coefficient (Wildman–Crippen LogP) is 0.625. The SMILES string of the molecule is COc1cncc(OC=O)c1. The summed E-state index contributed by atoms with van der Waals surface area (Å²) in [5.74, 6) is 0.934. The topological polar surface area (TPSA) is 48.4 Å². The summed E-state index contributed by atoms with van der Waals surface area (Å²) >= 11 is 0. The van der Waals surface area contributed by atoms with Gasteiger partial charge in [-0.3, -0.25) is 9.78 Å². The van der Waals surface area contributed by atoms with Gasteiger partial charge < -0.3 is 9.47 Å². The monoisotopic (exact) mass is 153 g/mol. The van der Waals surface area contributed by atoms with Crippen molar-refractivity contribution in [3.05, 3.63) is 18.5 Å². The van der Waals surface area contributed by atoms with Gasteiger partial charge >= 0.3 is 0 Å². The second kappa shape index (κ2) is 3.55. The van der Waals surface area contributed by atoms with E-state index in [-0.39, 0.29) is 0 Å². The van der Waals surface area contributed by atoms with E-state index in [1.54, 1.807) is 6.07 Å². The molecule has 0 radical (unpaired) electrons. The molecule has 0 bridgehead atoms. The van der Waals surface area contributed by atoms with E-state index in [9.17, 15) is 4.79 Å². The van der Waals surface area contributed by atoms with Gasteiger partial charge in [0, 0.05) is 6.07 Å². The quantitative estimate of drug-likeness (QED) is 0.597. The summed E-state index contributed by atoms with van der Waals surface area (Å²) in [7, 11) is 1.52. The van der Waals surface area contributed by atoms with Crippen molar-refractivity contribution in [2.24, 2.45) is 0 Å². The van der Waals surface area contributed by atoms with Gasteiger partial charge in [-0.2, -0.15) is 0 Å². The Hall–Kier alpha value is -1.58. The maximum Gasteiger partial charge on any atom is 0.298 e. The van der Waals surface area contributed by atoms with E-state index in [1.807, 2.05) is 0 Å². The zero-order valence-corrected chi connectivity index (χ0v) is 5.98. The number of carbonyl (C=O) groups excluding carboxylic acids is 1. The number of aromatic nitrogens is 1. The van der Waals surface area contributed by atoms with Gasteiger partial charge in [0.05, 0.1) is 19.5 Å². The van der Waals surface area contributed by atoms with Crippen molar-refractivity contribution in [1.82, 2.24) is 4.98 Å². The van der Waals surface area contributed by atoms with Crippen molar-refractivity contribution in [2.75, 3.05) is 7.11 Å². The lowest BCUT2D eigenvalue weighted by molar-refractivity contribution is -0.120. The first kappa shape index (κ1) is 7.53. The van der Waals surface area contributed by atoms with Crippen LogP contribution >= 0.6 is 0 Å². The molecule has 0 aromatic carbocycles. The third kappa shape index (κ3) is 1.93. The van der Waals surface area contributed by atoms with Crippen LogP contribution in [0.5, 0.6) is 11.5 Å². The molecule has 58 valence electrons. The molecule has 0 unspecified atom stereocenters. The number of hydrogen-bond acceptors (Lipinski definition) is 4. The second-order valence-corrected chi connectivity index (χ2v) is 1.77. The number of nitrogens with zero attached hydrogens (tertiary/aromatic N) is 1. The molecule has 0 saturated carbocycles. The molecule has 4 nitrogen and oxygen atoms in total. The van der Waals surface area contributed by atoms with E-state index in [4.69, 9.17) is 4.74 Å². The highest BCUT2D eigenvalue weighted by Gasteiger charge is 1.94. The van der Waals surface area contributed by atoms with Crippen LogP contribution in [0.4, 0.5) is 0 Å². The Morgan fingerprint density at radius 1 is 1.45 bits per heavy atom. The Bertz CT molecular complexity index is 249. The van der Waals surface area contributed by atoms with Crippen molar-refractivity contribution >= 4 is 6.47 Å². The van der Waals surface area contributed by atoms with Gasteiger partial charge in [0.25, 0.3) is 6.47 Å².